The van der Waals surface area contributed by atoms with Crippen LogP contribution in [-0.4, -0.2) is 22.0 Å². The average molecular weight is 336 g/mol. The number of fused-ring (bicyclic) bond motifs is 1. The van der Waals surface area contributed by atoms with Gasteiger partial charge in [0.25, 0.3) is 5.91 Å². The van der Waals surface area contributed by atoms with Gasteiger partial charge in [0.1, 0.15) is 0 Å². The molecule has 0 saturated heterocycles. The number of hydrogen-bond donors (Lipinski definition) is 3. The molecule has 25 heavy (non-hydrogen) atoms. The molecule has 3 N–H and O–H groups in total. The van der Waals surface area contributed by atoms with Gasteiger partial charge in [-0.1, -0.05) is 26.8 Å². The number of carbonyl (C=O) groups excluding carboxylic acids is 2. The van der Waals surface area contributed by atoms with E-state index >= 15 is 0 Å². The van der Waals surface area contributed by atoms with E-state index in [9.17, 15) is 9.59 Å². The molecule has 3 aromatic rings. The van der Waals surface area contributed by atoms with Crippen molar-refractivity contribution >= 4 is 34.1 Å². The summed E-state index contributed by atoms with van der Waals surface area (Å²) in [7, 11) is 0. The molecule has 0 aliphatic rings. The van der Waals surface area contributed by atoms with Crippen molar-refractivity contribution in [2.24, 2.45) is 5.41 Å². The normalized spacial score (nSPS) is 11.3. The van der Waals surface area contributed by atoms with E-state index in [0.29, 0.717) is 16.9 Å². The topological polar surface area (TPSA) is 86.9 Å². The number of carbonyl (C=O) groups is 2. The third-order valence-electron chi connectivity index (χ3n) is 3.76. The number of aromatic amines is 1. The van der Waals surface area contributed by atoms with E-state index in [2.05, 4.69) is 20.8 Å². The minimum absolute atomic E-state index is 0.101. The van der Waals surface area contributed by atoms with Crippen molar-refractivity contribution in [2.75, 3.05) is 10.6 Å². The second kappa shape index (κ2) is 6.39. The fraction of sp³-hybridized carbons (Fsp3) is 0.211. The number of amides is 2. The van der Waals surface area contributed by atoms with Crippen molar-refractivity contribution in [3.63, 3.8) is 0 Å². The third-order valence-corrected chi connectivity index (χ3v) is 3.76. The molecule has 0 aliphatic heterocycles. The Morgan fingerprint density at radius 1 is 1.00 bits per heavy atom. The second-order valence-electron chi connectivity index (χ2n) is 6.91. The van der Waals surface area contributed by atoms with Crippen molar-refractivity contribution in [2.45, 2.75) is 20.8 Å². The fourth-order valence-electron chi connectivity index (χ4n) is 2.28. The summed E-state index contributed by atoms with van der Waals surface area (Å²) in [5.74, 6) is -0.342. The molecule has 1 aromatic heterocycles. The monoisotopic (exact) mass is 336 g/mol. The van der Waals surface area contributed by atoms with Gasteiger partial charge < -0.3 is 10.6 Å². The number of anilines is 2. The van der Waals surface area contributed by atoms with Gasteiger partial charge in [0.05, 0.1) is 11.7 Å². The average Bonchev–Trinajstić information content (AvgIpc) is 3.02. The Hall–Kier alpha value is -3.15. The SMILES string of the molecule is CC(C)(C)C(=O)Nc1cccc(C(=O)Nc2ccc3[nH]ncc3c2)c1. The molecule has 0 atom stereocenters. The van der Waals surface area contributed by atoms with Crippen molar-refractivity contribution in [1.82, 2.24) is 10.2 Å². The van der Waals surface area contributed by atoms with E-state index in [1.165, 1.54) is 0 Å². The van der Waals surface area contributed by atoms with E-state index in [1.54, 1.807) is 30.5 Å². The van der Waals surface area contributed by atoms with Gasteiger partial charge in [-0.2, -0.15) is 5.10 Å². The molecule has 128 valence electrons. The van der Waals surface area contributed by atoms with Gasteiger partial charge in [0.15, 0.2) is 0 Å². The van der Waals surface area contributed by atoms with Crippen LogP contribution in [-0.2, 0) is 4.79 Å². The van der Waals surface area contributed by atoms with Crippen molar-refractivity contribution in [3.05, 3.63) is 54.2 Å². The maximum Gasteiger partial charge on any atom is 0.255 e. The lowest BCUT2D eigenvalue weighted by Gasteiger charge is -2.18. The van der Waals surface area contributed by atoms with Gasteiger partial charge in [-0.15, -0.1) is 0 Å². The summed E-state index contributed by atoms with van der Waals surface area (Å²) >= 11 is 0. The van der Waals surface area contributed by atoms with Gasteiger partial charge in [-0.3, -0.25) is 14.7 Å². The Bertz CT molecular complexity index is 938. The lowest BCUT2D eigenvalue weighted by molar-refractivity contribution is -0.123. The lowest BCUT2D eigenvalue weighted by atomic mass is 9.95. The van der Waals surface area contributed by atoms with Gasteiger partial charge in [0.2, 0.25) is 5.91 Å². The summed E-state index contributed by atoms with van der Waals surface area (Å²) < 4.78 is 0. The molecule has 2 amide bonds. The van der Waals surface area contributed by atoms with Crippen LogP contribution in [0.3, 0.4) is 0 Å². The summed E-state index contributed by atoms with van der Waals surface area (Å²) in [5.41, 5.74) is 2.16. The molecule has 0 fully saturated rings. The first kappa shape index (κ1) is 16.7. The zero-order chi connectivity index (χ0) is 18.0. The van der Waals surface area contributed by atoms with Crippen LogP contribution in [0.4, 0.5) is 11.4 Å². The van der Waals surface area contributed by atoms with Crippen LogP contribution in [0.5, 0.6) is 0 Å². The molecule has 0 aliphatic carbocycles. The smallest absolute Gasteiger partial charge is 0.255 e. The quantitative estimate of drug-likeness (QED) is 0.680. The van der Waals surface area contributed by atoms with Gasteiger partial charge in [-0.25, -0.2) is 0 Å². The molecule has 3 rings (SSSR count). The highest BCUT2D eigenvalue weighted by atomic mass is 16.2. The third kappa shape index (κ3) is 3.85. The molecular formula is C19H20N4O2. The van der Waals surface area contributed by atoms with Gasteiger partial charge >= 0.3 is 0 Å². The summed E-state index contributed by atoms with van der Waals surface area (Å²) in [5, 5.41) is 13.4. The Labute approximate surface area is 145 Å². The number of nitrogens with zero attached hydrogens (tertiary/aromatic N) is 1. The highest BCUT2D eigenvalue weighted by Crippen LogP contribution is 2.20. The minimum Gasteiger partial charge on any atom is -0.326 e. The molecule has 2 aromatic carbocycles. The van der Waals surface area contributed by atoms with E-state index < -0.39 is 5.41 Å². The molecular weight excluding hydrogens is 316 g/mol. The Morgan fingerprint density at radius 2 is 1.76 bits per heavy atom. The second-order valence-corrected chi connectivity index (χ2v) is 6.91. The van der Waals surface area contributed by atoms with Crippen LogP contribution in [0.2, 0.25) is 0 Å². The maximum absolute atomic E-state index is 12.5. The van der Waals surface area contributed by atoms with Crippen LogP contribution in [0.25, 0.3) is 10.9 Å². The minimum atomic E-state index is -0.502. The zero-order valence-electron chi connectivity index (χ0n) is 14.4. The Kier molecular flexibility index (Phi) is 4.27. The van der Waals surface area contributed by atoms with Crippen LogP contribution in [0.15, 0.2) is 48.7 Å². The highest BCUT2D eigenvalue weighted by molar-refractivity contribution is 6.06. The number of rotatable bonds is 3. The van der Waals surface area contributed by atoms with Crippen LogP contribution in [0.1, 0.15) is 31.1 Å². The van der Waals surface area contributed by atoms with Crippen molar-refractivity contribution < 1.29 is 9.59 Å². The molecule has 0 saturated carbocycles. The fourth-order valence-corrected chi connectivity index (χ4v) is 2.28. The number of hydrogen-bond acceptors (Lipinski definition) is 3. The van der Waals surface area contributed by atoms with Gasteiger partial charge in [0, 0.05) is 27.7 Å². The highest BCUT2D eigenvalue weighted by Gasteiger charge is 2.21. The summed E-state index contributed by atoms with van der Waals surface area (Å²) in [4.78, 5) is 24.6. The van der Waals surface area contributed by atoms with Crippen LogP contribution in [0, 0.1) is 5.41 Å². The molecule has 0 radical (unpaired) electrons. The predicted molar refractivity (Wildman–Crippen MR) is 98.6 cm³/mol. The van der Waals surface area contributed by atoms with E-state index in [1.807, 2.05) is 39.0 Å². The first-order valence-electron chi connectivity index (χ1n) is 7.99. The number of nitrogens with one attached hydrogen (secondary N) is 3. The number of H-pyrrole nitrogens is 1. The van der Waals surface area contributed by atoms with Gasteiger partial charge in [-0.05, 0) is 36.4 Å². The summed E-state index contributed by atoms with van der Waals surface area (Å²) in [6, 6.07) is 12.4. The molecule has 6 heteroatoms. The number of benzene rings is 2. The molecule has 0 unspecified atom stereocenters. The van der Waals surface area contributed by atoms with E-state index in [-0.39, 0.29) is 11.8 Å². The van der Waals surface area contributed by atoms with E-state index in [0.717, 1.165) is 10.9 Å². The molecule has 6 nitrogen and oxygen atoms in total. The zero-order valence-corrected chi connectivity index (χ0v) is 14.4. The van der Waals surface area contributed by atoms with Crippen molar-refractivity contribution in [1.29, 1.82) is 0 Å². The summed E-state index contributed by atoms with van der Waals surface area (Å²) in [6.45, 7) is 5.51. The van der Waals surface area contributed by atoms with Crippen molar-refractivity contribution in [3.8, 4) is 0 Å². The first-order chi connectivity index (χ1) is 11.8. The standard InChI is InChI=1S/C19H20N4O2/c1-19(2,3)18(25)22-14-6-4-5-12(9-14)17(24)21-15-7-8-16-13(10-15)11-20-23-16/h4-11H,1-3H3,(H,20,23)(H,21,24)(H,22,25). The largest absolute Gasteiger partial charge is 0.326 e. The lowest BCUT2D eigenvalue weighted by Crippen LogP contribution is -2.27. The van der Waals surface area contributed by atoms with E-state index in [4.69, 9.17) is 0 Å². The number of aromatic nitrogens is 2. The first-order valence-corrected chi connectivity index (χ1v) is 7.99. The van der Waals surface area contributed by atoms with Crippen LogP contribution < -0.4 is 10.6 Å². The maximum atomic E-state index is 12.5. The Morgan fingerprint density at radius 3 is 2.52 bits per heavy atom. The Balaban J connectivity index is 1.75. The molecule has 0 spiro atoms. The predicted octanol–water partition coefficient (Wildman–Crippen LogP) is 3.80. The summed E-state index contributed by atoms with van der Waals surface area (Å²) in [6.07, 6.45) is 1.70. The van der Waals surface area contributed by atoms with Crippen LogP contribution >= 0.6 is 0 Å². The molecule has 0 bridgehead atoms. The molecule has 1 heterocycles.